The molecule has 0 aliphatic heterocycles. The van der Waals surface area contributed by atoms with Gasteiger partial charge in [0.15, 0.2) is 0 Å². The summed E-state index contributed by atoms with van der Waals surface area (Å²) in [6, 6.07) is 7.99. The van der Waals surface area contributed by atoms with E-state index in [-0.39, 0.29) is 0 Å². The van der Waals surface area contributed by atoms with Gasteiger partial charge in [-0.25, -0.2) is 4.79 Å². The molecule has 1 amide bonds. The molecule has 1 atom stereocenters. The van der Waals surface area contributed by atoms with Gasteiger partial charge in [-0.3, -0.25) is 0 Å². The molecule has 0 heterocycles. The fraction of sp³-hybridized carbons (Fsp3) is 0.385. The summed E-state index contributed by atoms with van der Waals surface area (Å²) in [6.07, 6.45) is -0.631. The number of nitrogens with zero attached hydrogens (tertiary/aromatic N) is 1. The molecule has 18 heavy (non-hydrogen) atoms. The second-order valence-corrected chi connectivity index (χ2v) is 5.20. The Hall–Kier alpha value is -1.73. The first-order chi connectivity index (χ1) is 8.31. The van der Waals surface area contributed by atoms with E-state index in [2.05, 4.69) is 5.32 Å². The Morgan fingerprint density at radius 3 is 2.67 bits per heavy atom. The van der Waals surface area contributed by atoms with Crippen LogP contribution in [0.15, 0.2) is 24.3 Å². The van der Waals surface area contributed by atoms with E-state index < -0.39 is 17.7 Å². The minimum atomic E-state index is -0.779. The molecule has 0 spiro atoms. The summed E-state index contributed by atoms with van der Waals surface area (Å²) in [7, 11) is 0. The van der Waals surface area contributed by atoms with Gasteiger partial charge in [0.25, 0.3) is 0 Å². The van der Waals surface area contributed by atoms with E-state index in [0.29, 0.717) is 10.6 Å². The van der Waals surface area contributed by atoms with Gasteiger partial charge in [0.2, 0.25) is 0 Å². The molecule has 0 fully saturated rings. The highest BCUT2D eigenvalue weighted by Crippen LogP contribution is 2.18. The highest BCUT2D eigenvalue weighted by molar-refractivity contribution is 6.30. The van der Waals surface area contributed by atoms with Crippen molar-refractivity contribution < 1.29 is 9.53 Å². The van der Waals surface area contributed by atoms with Crippen LogP contribution in [-0.4, -0.2) is 11.7 Å². The number of nitriles is 1. The average Bonchev–Trinajstić information content (AvgIpc) is 2.23. The molecule has 4 nitrogen and oxygen atoms in total. The minimum absolute atomic E-state index is 0.513. The maximum Gasteiger partial charge on any atom is 0.408 e. The normalized spacial score (nSPS) is 12.4. The number of carbonyl (C=O) groups excluding carboxylic acids is 1. The van der Waals surface area contributed by atoms with Gasteiger partial charge in [-0.1, -0.05) is 23.7 Å². The standard InChI is InChI=1S/C13H15ClN2O2/c1-13(2,3)18-12(17)16-11(8-15)9-5-4-6-10(14)7-9/h4-7,11H,1-3H3,(H,16,17)/t11-/m1/s1. The predicted molar refractivity (Wildman–Crippen MR) is 69.2 cm³/mol. The highest BCUT2D eigenvalue weighted by Gasteiger charge is 2.20. The Labute approximate surface area is 112 Å². The lowest BCUT2D eigenvalue weighted by Crippen LogP contribution is -2.34. The fourth-order valence-corrected chi connectivity index (χ4v) is 1.50. The first kappa shape index (κ1) is 14.3. The van der Waals surface area contributed by atoms with Crippen molar-refractivity contribution in [2.24, 2.45) is 0 Å². The first-order valence-electron chi connectivity index (χ1n) is 5.46. The minimum Gasteiger partial charge on any atom is -0.444 e. The lowest BCUT2D eigenvalue weighted by molar-refractivity contribution is 0.0515. The molecule has 0 unspecified atom stereocenters. The van der Waals surface area contributed by atoms with Crippen molar-refractivity contribution >= 4 is 17.7 Å². The van der Waals surface area contributed by atoms with E-state index in [4.69, 9.17) is 21.6 Å². The van der Waals surface area contributed by atoms with E-state index >= 15 is 0 Å². The first-order valence-corrected chi connectivity index (χ1v) is 5.84. The molecule has 0 aromatic heterocycles. The van der Waals surface area contributed by atoms with Crippen LogP contribution in [0.2, 0.25) is 5.02 Å². The van der Waals surface area contributed by atoms with E-state index in [1.807, 2.05) is 6.07 Å². The van der Waals surface area contributed by atoms with Crippen LogP contribution < -0.4 is 5.32 Å². The monoisotopic (exact) mass is 266 g/mol. The largest absolute Gasteiger partial charge is 0.444 e. The molecular formula is C13H15ClN2O2. The van der Waals surface area contributed by atoms with E-state index in [0.717, 1.165) is 0 Å². The third-order valence-corrected chi connectivity index (χ3v) is 2.21. The van der Waals surface area contributed by atoms with Gasteiger partial charge in [0, 0.05) is 5.02 Å². The molecule has 0 aliphatic rings. The molecule has 0 radical (unpaired) electrons. The number of hydrogen-bond donors (Lipinski definition) is 1. The molecule has 1 aromatic carbocycles. The Morgan fingerprint density at radius 2 is 2.17 bits per heavy atom. The number of alkyl carbamates (subject to hydrolysis) is 1. The van der Waals surface area contributed by atoms with Crippen LogP contribution in [0.4, 0.5) is 4.79 Å². The van der Waals surface area contributed by atoms with Crippen molar-refractivity contribution in [2.75, 3.05) is 0 Å². The van der Waals surface area contributed by atoms with Gasteiger partial charge >= 0.3 is 6.09 Å². The molecule has 0 saturated carbocycles. The quantitative estimate of drug-likeness (QED) is 0.892. The number of benzene rings is 1. The zero-order valence-corrected chi connectivity index (χ0v) is 11.3. The predicted octanol–water partition coefficient (Wildman–Crippen LogP) is 3.43. The fourth-order valence-electron chi connectivity index (χ4n) is 1.30. The van der Waals surface area contributed by atoms with Gasteiger partial charge in [-0.05, 0) is 38.5 Å². The highest BCUT2D eigenvalue weighted by atomic mass is 35.5. The van der Waals surface area contributed by atoms with Crippen LogP contribution in [0.3, 0.4) is 0 Å². The second kappa shape index (κ2) is 5.74. The molecule has 5 heteroatoms. The lowest BCUT2D eigenvalue weighted by atomic mass is 10.1. The number of amides is 1. The zero-order chi connectivity index (χ0) is 13.8. The van der Waals surface area contributed by atoms with Gasteiger partial charge in [0.1, 0.15) is 11.6 Å². The Kier molecular flexibility index (Phi) is 4.57. The van der Waals surface area contributed by atoms with Crippen LogP contribution in [0, 0.1) is 11.3 Å². The van der Waals surface area contributed by atoms with Crippen molar-refractivity contribution in [1.29, 1.82) is 5.26 Å². The summed E-state index contributed by atoms with van der Waals surface area (Å²) in [4.78, 5) is 11.6. The van der Waals surface area contributed by atoms with Crippen molar-refractivity contribution in [3.05, 3.63) is 34.9 Å². The SMILES string of the molecule is CC(C)(C)OC(=O)N[C@H](C#N)c1cccc(Cl)c1. The summed E-state index contributed by atoms with van der Waals surface area (Å²) in [5, 5.41) is 12.1. The molecule has 1 aromatic rings. The summed E-state index contributed by atoms with van der Waals surface area (Å²) < 4.78 is 5.09. The number of hydrogen-bond acceptors (Lipinski definition) is 3. The number of nitrogens with one attached hydrogen (secondary N) is 1. The van der Waals surface area contributed by atoms with Crippen LogP contribution in [0.5, 0.6) is 0 Å². The lowest BCUT2D eigenvalue weighted by Gasteiger charge is -2.21. The zero-order valence-electron chi connectivity index (χ0n) is 10.5. The third-order valence-electron chi connectivity index (χ3n) is 1.97. The number of halogens is 1. The maximum atomic E-state index is 11.6. The summed E-state index contributed by atoms with van der Waals surface area (Å²) >= 11 is 5.84. The molecule has 1 rings (SSSR count). The number of rotatable bonds is 2. The second-order valence-electron chi connectivity index (χ2n) is 4.76. The third kappa shape index (κ3) is 4.64. The van der Waals surface area contributed by atoms with Crippen molar-refractivity contribution in [3.8, 4) is 6.07 Å². The molecule has 0 aliphatic carbocycles. The molecule has 0 saturated heterocycles. The van der Waals surface area contributed by atoms with Crippen molar-refractivity contribution in [2.45, 2.75) is 32.4 Å². The van der Waals surface area contributed by atoms with Crippen molar-refractivity contribution in [1.82, 2.24) is 5.32 Å². The topological polar surface area (TPSA) is 62.1 Å². The van der Waals surface area contributed by atoms with Crippen LogP contribution in [0.1, 0.15) is 32.4 Å². The van der Waals surface area contributed by atoms with Gasteiger partial charge < -0.3 is 10.1 Å². The number of carbonyl (C=O) groups is 1. The summed E-state index contributed by atoms with van der Waals surface area (Å²) in [5.41, 5.74) is 0.0224. The van der Waals surface area contributed by atoms with E-state index in [9.17, 15) is 4.79 Å². The van der Waals surface area contributed by atoms with Crippen LogP contribution in [-0.2, 0) is 4.74 Å². The van der Waals surface area contributed by atoms with Crippen LogP contribution >= 0.6 is 11.6 Å². The Morgan fingerprint density at radius 1 is 1.50 bits per heavy atom. The average molecular weight is 267 g/mol. The summed E-state index contributed by atoms with van der Waals surface area (Å²) in [6.45, 7) is 5.27. The van der Waals surface area contributed by atoms with E-state index in [1.165, 1.54) is 0 Å². The Bertz CT molecular complexity index is 475. The van der Waals surface area contributed by atoms with Crippen molar-refractivity contribution in [3.63, 3.8) is 0 Å². The number of ether oxygens (including phenoxy) is 1. The van der Waals surface area contributed by atoms with Gasteiger partial charge in [0.05, 0.1) is 6.07 Å². The molecular weight excluding hydrogens is 252 g/mol. The smallest absolute Gasteiger partial charge is 0.408 e. The molecule has 1 N–H and O–H groups in total. The summed E-state index contributed by atoms with van der Waals surface area (Å²) in [5.74, 6) is 0. The maximum absolute atomic E-state index is 11.6. The Balaban J connectivity index is 2.75. The van der Waals surface area contributed by atoms with Gasteiger partial charge in [-0.15, -0.1) is 0 Å². The molecule has 0 bridgehead atoms. The van der Waals surface area contributed by atoms with Crippen LogP contribution in [0.25, 0.3) is 0 Å². The van der Waals surface area contributed by atoms with Gasteiger partial charge in [-0.2, -0.15) is 5.26 Å². The van der Waals surface area contributed by atoms with E-state index in [1.54, 1.807) is 45.0 Å². The molecule has 96 valence electrons.